The van der Waals surface area contributed by atoms with Gasteiger partial charge in [-0.05, 0) is 37.2 Å². The minimum absolute atomic E-state index is 0.190. The molecule has 30 heavy (non-hydrogen) atoms. The van der Waals surface area contributed by atoms with Crippen LogP contribution in [0.2, 0.25) is 0 Å². The van der Waals surface area contributed by atoms with Gasteiger partial charge in [0, 0.05) is 37.8 Å². The zero-order chi connectivity index (χ0) is 21.2. The fourth-order valence-electron chi connectivity index (χ4n) is 3.19. The number of aromatic amines is 1. The van der Waals surface area contributed by atoms with Crippen LogP contribution in [0.1, 0.15) is 29.5 Å². The van der Waals surface area contributed by atoms with Gasteiger partial charge < -0.3 is 25.3 Å². The Bertz CT molecular complexity index is 795. The van der Waals surface area contributed by atoms with E-state index in [2.05, 4.69) is 30.6 Å². The molecule has 0 aliphatic carbocycles. The maximum Gasteiger partial charge on any atom is 0.169 e. The van der Waals surface area contributed by atoms with Gasteiger partial charge in [0.2, 0.25) is 0 Å². The van der Waals surface area contributed by atoms with Gasteiger partial charge in [-0.25, -0.2) is 4.98 Å². The van der Waals surface area contributed by atoms with Gasteiger partial charge >= 0.3 is 0 Å². The third-order valence-electron chi connectivity index (χ3n) is 4.72. The lowest BCUT2D eigenvalue weighted by atomic mass is 10.1. The first-order valence-electron chi connectivity index (χ1n) is 9.85. The van der Waals surface area contributed by atoms with E-state index in [0.717, 1.165) is 17.1 Å². The Morgan fingerprint density at radius 1 is 1.07 bits per heavy atom. The summed E-state index contributed by atoms with van der Waals surface area (Å²) >= 11 is 0. The average Bonchev–Trinajstić information content (AvgIpc) is 3.30. The SMILES string of the molecule is COC(O)C(Cc1cnc[nH]1)NC(O)CCNC(c1ccccn1)c1ccccn1. The van der Waals surface area contributed by atoms with Crippen molar-refractivity contribution in [3.8, 4) is 0 Å². The number of hydrogen-bond donors (Lipinski definition) is 5. The van der Waals surface area contributed by atoms with Gasteiger partial charge in [-0.1, -0.05) is 12.1 Å². The summed E-state index contributed by atoms with van der Waals surface area (Å²) in [6, 6.07) is 10.8. The molecule has 0 radical (unpaired) electrons. The zero-order valence-corrected chi connectivity index (χ0v) is 16.8. The molecule has 3 rings (SSSR count). The topological polar surface area (TPSA) is 128 Å². The number of hydrogen-bond acceptors (Lipinski definition) is 8. The highest BCUT2D eigenvalue weighted by Crippen LogP contribution is 2.17. The van der Waals surface area contributed by atoms with Crippen molar-refractivity contribution < 1.29 is 14.9 Å². The normalized spacial score (nSPS) is 14.5. The lowest BCUT2D eigenvalue weighted by molar-refractivity contribution is -0.106. The molecule has 0 aliphatic rings. The molecule has 160 valence electrons. The molecule has 0 saturated heterocycles. The van der Waals surface area contributed by atoms with Crippen LogP contribution >= 0.6 is 0 Å². The summed E-state index contributed by atoms with van der Waals surface area (Å²) in [5, 5.41) is 27.0. The Kier molecular flexibility index (Phi) is 8.42. The largest absolute Gasteiger partial charge is 0.379 e. The monoisotopic (exact) mass is 412 g/mol. The van der Waals surface area contributed by atoms with Crippen LogP contribution < -0.4 is 10.6 Å². The molecule has 3 unspecified atom stereocenters. The number of rotatable bonds is 12. The van der Waals surface area contributed by atoms with E-state index in [1.807, 2.05) is 36.4 Å². The Hall–Kier alpha value is -2.69. The molecule has 3 aromatic heterocycles. The number of aliphatic hydroxyl groups is 2. The van der Waals surface area contributed by atoms with Crippen molar-refractivity contribution >= 4 is 0 Å². The van der Waals surface area contributed by atoms with E-state index < -0.39 is 18.6 Å². The molecule has 0 amide bonds. The lowest BCUT2D eigenvalue weighted by Crippen LogP contribution is -2.48. The zero-order valence-electron chi connectivity index (χ0n) is 16.8. The first-order valence-corrected chi connectivity index (χ1v) is 9.85. The molecule has 9 nitrogen and oxygen atoms in total. The van der Waals surface area contributed by atoms with Crippen molar-refractivity contribution in [2.45, 2.75) is 37.4 Å². The Labute approximate surface area is 175 Å². The molecule has 0 bridgehead atoms. The average molecular weight is 412 g/mol. The van der Waals surface area contributed by atoms with Crippen LogP contribution in [-0.2, 0) is 11.2 Å². The summed E-state index contributed by atoms with van der Waals surface area (Å²) in [6.07, 6.45) is 5.67. The molecule has 5 N–H and O–H groups in total. The second kappa shape index (κ2) is 11.5. The van der Waals surface area contributed by atoms with Gasteiger partial charge in [-0.2, -0.15) is 0 Å². The molecule has 3 aromatic rings. The standard InChI is InChI=1S/C21H28N6O3/c1-30-21(29)18(12-15-13-22-14-26-15)27-19(28)8-11-25-20(16-6-2-4-9-23-16)17-7-3-5-10-24-17/h2-7,9-10,13-14,18-21,25,27-29H,8,11-12H2,1H3,(H,22,26). The van der Waals surface area contributed by atoms with E-state index in [1.54, 1.807) is 24.9 Å². The first-order chi connectivity index (χ1) is 14.7. The summed E-state index contributed by atoms with van der Waals surface area (Å²) in [6.45, 7) is 0.506. The van der Waals surface area contributed by atoms with Crippen molar-refractivity contribution in [1.82, 2.24) is 30.6 Å². The van der Waals surface area contributed by atoms with E-state index in [-0.39, 0.29) is 6.04 Å². The van der Waals surface area contributed by atoms with Crippen molar-refractivity contribution in [2.75, 3.05) is 13.7 Å². The van der Waals surface area contributed by atoms with Crippen molar-refractivity contribution in [2.24, 2.45) is 0 Å². The van der Waals surface area contributed by atoms with Crippen LogP contribution in [0, 0.1) is 0 Å². The van der Waals surface area contributed by atoms with Crippen molar-refractivity contribution in [3.63, 3.8) is 0 Å². The maximum absolute atomic E-state index is 10.5. The van der Waals surface area contributed by atoms with Crippen LogP contribution in [0.15, 0.2) is 61.3 Å². The number of aliphatic hydroxyl groups excluding tert-OH is 2. The van der Waals surface area contributed by atoms with E-state index in [1.165, 1.54) is 7.11 Å². The number of pyridine rings is 2. The van der Waals surface area contributed by atoms with Crippen molar-refractivity contribution in [3.05, 3.63) is 78.4 Å². The number of aromatic nitrogens is 4. The smallest absolute Gasteiger partial charge is 0.169 e. The molecular formula is C21H28N6O3. The molecule has 0 aliphatic heterocycles. The van der Waals surface area contributed by atoms with Gasteiger partial charge in [0.15, 0.2) is 6.29 Å². The van der Waals surface area contributed by atoms with Crippen LogP contribution in [-0.4, -0.2) is 62.4 Å². The number of nitrogens with one attached hydrogen (secondary N) is 3. The molecular weight excluding hydrogens is 384 g/mol. The van der Waals surface area contributed by atoms with Gasteiger partial charge in [0.1, 0.15) is 6.23 Å². The fourth-order valence-corrected chi connectivity index (χ4v) is 3.19. The van der Waals surface area contributed by atoms with Crippen LogP contribution in [0.25, 0.3) is 0 Å². The molecule has 3 atom stereocenters. The fraction of sp³-hybridized carbons (Fsp3) is 0.381. The third kappa shape index (κ3) is 6.41. The number of imidazole rings is 1. The van der Waals surface area contributed by atoms with Crippen LogP contribution in [0.5, 0.6) is 0 Å². The molecule has 0 saturated carbocycles. The summed E-state index contributed by atoms with van der Waals surface area (Å²) in [5.74, 6) is 0. The van der Waals surface area contributed by atoms with E-state index >= 15 is 0 Å². The second-order valence-corrected chi connectivity index (χ2v) is 6.88. The molecule has 9 heteroatoms. The highest BCUT2D eigenvalue weighted by molar-refractivity contribution is 5.21. The minimum Gasteiger partial charge on any atom is -0.379 e. The predicted molar refractivity (Wildman–Crippen MR) is 111 cm³/mol. The van der Waals surface area contributed by atoms with E-state index in [9.17, 15) is 10.2 Å². The first kappa shape index (κ1) is 22.0. The van der Waals surface area contributed by atoms with Crippen LogP contribution in [0.3, 0.4) is 0 Å². The molecule has 0 fully saturated rings. The summed E-state index contributed by atoms with van der Waals surface area (Å²) < 4.78 is 5.04. The Morgan fingerprint density at radius 3 is 2.30 bits per heavy atom. The number of nitrogens with zero attached hydrogens (tertiary/aromatic N) is 3. The van der Waals surface area contributed by atoms with Crippen molar-refractivity contribution in [1.29, 1.82) is 0 Å². The second-order valence-electron chi connectivity index (χ2n) is 6.88. The number of methoxy groups -OCH3 is 1. The molecule has 0 spiro atoms. The molecule has 0 aromatic carbocycles. The van der Waals surface area contributed by atoms with E-state index in [4.69, 9.17) is 4.74 Å². The van der Waals surface area contributed by atoms with E-state index in [0.29, 0.717) is 19.4 Å². The number of ether oxygens (including phenoxy) is 1. The third-order valence-corrected chi connectivity index (χ3v) is 4.72. The van der Waals surface area contributed by atoms with Crippen LogP contribution in [0.4, 0.5) is 0 Å². The summed E-state index contributed by atoms with van der Waals surface area (Å²) in [4.78, 5) is 15.8. The summed E-state index contributed by atoms with van der Waals surface area (Å²) in [5.41, 5.74) is 2.54. The molecule has 3 heterocycles. The van der Waals surface area contributed by atoms with Gasteiger partial charge in [-0.15, -0.1) is 0 Å². The minimum atomic E-state index is -1.06. The quantitative estimate of drug-likeness (QED) is 0.276. The Balaban J connectivity index is 1.57. The lowest BCUT2D eigenvalue weighted by Gasteiger charge is -2.26. The number of H-pyrrole nitrogens is 1. The van der Waals surface area contributed by atoms with Gasteiger partial charge in [-0.3, -0.25) is 15.3 Å². The Morgan fingerprint density at radius 2 is 1.77 bits per heavy atom. The van der Waals surface area contributed by atoms with Gasteiger partial charge in [0.25, 0.3) is 0 Å². The highest BCUT2D eigenvalue weighted by atomic mass is 16.6. The predicted octanol–water partition coefficient (Wildman–Crippen LogP) is 0.753. The summed E-state index contributed by atoms with van der Waals surface area (Å²) in [7, 11) is 1.42. The maximum atomic E-state index is 10.5. The van der Waals surface area contributed by atoms with Gasteiger partial charge in [0.05, 0.1) is 29.8 Å². The highest BCUT2D eigenvalue weighted by Gasteiger charge is 2.23.